The molecule has 3 heterocycles. The van der Waals surface area contributed by atoms with E-state index < -0.39 is 23.9 Å². The molecule has 1 unspecified atom stereocenters. The van der Waals surface area contributed by atoms with Crippen molar-refractivity contribution < 1.29 is 23.9 Å². The van der Waals surface area contributed by atoms with E-state index in [1.54, 1.807) is 6.07 Å². The van der Waals surface area contributed by atoms with Crippen molar-refractivity contribution >= 4 is 28.6 Å². The molecule has 4 atom stereocenters. The van der Waals surface area contributed by atoms with E-state index in [4.69, 9.17) is 9.47 Å². The van der Waals surface area contributed by atoms with Crippen LogP contribution in [0.2, 0.25) is 0 Å². The third-order valence-corrected chi connectivity index (χ3v) is 7.92. The Bertz CT molecular complexity index is 1260. The third kappa shape index (κ3) is 7.11. The first kappa shape index (κ1) is 27.9. The molecule has 3 amide bonds. The Morgan fingerprint density at radius 2 is 2.02 bits per heavy atom. The summed E-state index contributed by atoms with van der Waals surface area (Å²) in [5.41, 5.74) is 1.10. The van der Waals surface area contributed by atoms with Gasteiger partial charge in [0, 0.05) is 42.5 Å². The maximum atomic E-state index is 13.3. The van der Waals surface area contributed by atoms with Crippen LogP contribution in [0.3, 0.4) is 0 Å². The molecule has 2 aliphatic heterocycles. The minimum absolute atomic E-state index is 0.0569. The van der Waals surface area contributed by atoms with Crippen molar-refractivity contribution in [3.05, 3.63) is 30.0 Å². The quantitative estimate of drug-likeness (QED) is 0.314. The second-order valence-electron chi connectivity index (χ2n) is 11.2. The second kappa shape index (κ2) is 12.7. The van der Waals surface area contributed by atoms with Crippen molar-refractivity contribution in [1.29, 1.82) is 5.26 Å². The van der Waals surface area contributed by atoms with Gasteiger partial charge in [0.05, 0.1) is 19.3 Å². The summed E-state index contributed by atoms with van der Waals surface area (Å²) in [6, 6.07) is 7.98. The molecular formula is C29H38N6O5. The first-order chi connectivity index (χ1) is 19.4. The minimum Gasteiger partial charge on any atom is -0.492 e. The van der Waals surface area contributed by atoms with Crippen LogP contribution in [-0.4, -0.2) is 85.2 Å². The molecule has 1 aromatic carbocycles. The van der Waals surface area contributed by atoms with Gasteiger partial charge in [-0.15, -0.1) is 0 Å². The second-order valence-corrected chi connectivity index (χ2v) is 11.2. The molecule has 0 bridgehead atoms. The number of benzene rings is 1. The number of fused-ring (bicyclic) bond motifs is 1. The van der Waals surface area contributed by atoms with Crippen molar-refractivity contribution in [3.63, 3.8) is 0 Å². The lowest BCUT2D eigenvalue weighted by Gasteiger charge is -2.26. The molecule has 0 radical (unpaired) electrons. The molecular weight excluding hydrogens is 512 g/mol. The van der Waals surface area contributed by atoms with E-state index in [1.807, 2.05) is 25.1 Å². The van der Waals surface area contributed by atoms with Gasteiger partial charge >= 0.3 is 0 Å². The number of nitrogens with one attached hydrogen (secondary N) is 4. The molecule has 11 nitrogen and oxygen atoms in total. The number of aromatic amines is 1. The SMILES string of the molecule is CC1C[C@@H](C[C@@H](C#N)NC(=O)[C@H](CC2CC2)NC(=O)c2cc3c(OCCN4CCOCC4)cccc3[nH]2)C(=O)N1. The fourth-order valence-electron chi connectivity index (χ4n) is 5.50. The standard InChI is InChI=1S/C29H38N6O5/c1-18-13-20(27(36)31-18)15-21(17-30)32-28(37)24(14-19-5-6-19)34-29(38)25-16-22-23(33-25)3-2-4-26(22)40-12-9-35-7-10-39-11-8-35/h2-4,16,18-21,24,33H,5-15H2,1H3,(H,31,36)(H,32,37)(H,34,38)/t18?,20-,21-,24-/m0/s1. The summed E-state index contributed by atoms with van der Waals surface area (Å²) in [7, 11) is 0. The Morgan fingerprint density at radius 1 is 1.23 bits per heavy atom. The zero-order valence-corrected chi connectivity index (χ0v) is 22.9. The van der Waals surface area contributed by atoms with E-state index in [1.165, 1.54) is 0 Å². The van der Waals surface area contributed by atoms with Crippen LogP contribution in [0.15, 0.2) is 24.3 Å². The number of H-pyrrole nitrogens is 1. The highest BCUT2D eigenvalue weighted by Crippen LogP contribution is 2.34. The number of ether oxygens (including phenoxy) is 2. The van der Waals surface area contributed by atoms with E-state index in [9.17, 15) is 19.6 Å². The van der Waals surface area contributed by atoms with E-state index in [-0.39, 0.29) is 24.3 Å². The van der Waals surface area contributed by atoms with Gasteiger partial charge in [-0.3, -0.25) is 19.3 Å². The lowest BCUT2D eigenvalue weighted by Crippen LogP contribution is -2.50. The number of hydrogen-bond donors (Lipinski definition) is 4. The predicted octanol–water partition coefficient (Wildman–Crippen LogP) is 1.70. The third-order valence-electron chi connectivity index (χ3n) is 7.92. The van der Waals surface area contributed by atoms with E-state index in [2.05, 4.69) is 31.9 Å². The first-order valence-corrected chi connectivity index (χ1v) is 14.3. The number of nitriles is 1. The van der Waals surface area contributed by atoms with E-state index in [0.29, 0.717) is 36.8 Å². The summed E-state index contributed by atoms with van der Waals surface area (Å²) in [4.78, 5) is 44.1. The van der Waals surface area contributed by atoms with E-state index >= 15 is 0 Å². The topological polar surface area (TPSA) is 149 Å². The molecule has 2 saturated heterocycles. The highest BCUT2D eigenvalue weighted by Gasteiger charge is 2.35. The molecule has 1 saturated carbocycles. The summed E-state index contributed by atoms with van der Waals surface area (Å²) >= 11 is 0. The Kier molecular flexibility index (Phi) is 8.87. The molecule has 5 rings (SSSR count). The molecule has 4 N–H and O–H groups in total. The summed E-state index contributed by atoms with van der Waals surface area (Å²) in [5, 5.41) is 19.0. The van der Waals surface area contributed by atoms with Crippen molar-refractivity contribution in [1.82, 2.24) is 25.8 Å². The Morgan fingerprint density at radius 3 is 2.73 bits per heavy atom. The normalized spacial score (nSPS) is 22.8. The van der Waals surface area contributed by atoms with Crippen molar-refractivity contribution in [3.8, 4) is 11.8 Å². The lowest BCUT2D eigenvalue weighted by molar-refractivity contribution is -0.125. The van der Waals surface area contributed by atoms with Gasteiger partial charge in [0.15, 0.2) is 0 Å². The van der Waals surface area contributed by atoms with Crippen molar-refractivity contribution in [2.24, 2.45) is 11.8 Å². The van der Waals surface area contributed by atoms with Crippen LogP contribution in [0.4, 0.5) is 0 Å². The Balaban J connectivity index is 1.21. The van der Waals surface area contributed by atoms with Crippen LogP contribution in [0.25, 0.3) is 10.9 Å². The van der Waals surface area contributed by atoms with Gasteiger partial charge in [0.1, 0.15) is 30.1 Å². The number of nitrogens with zero attached hydrogens (tertiary/aromatic N) is 2. The highest BCUT2D eigenvalue weighted by molar-refractivity contribution is 6.01. The Hall–Kier alpha value is -3.62. The summed E-state index contributed by atoms with van der Waals surface area (Å²) in [5.74, 6) is -0.140. The molecule has 3 fully saturated rings. The van der Waals surface area contributed by atoms with Gasteiger partial charge in [-0.05, 0) is 50.3 Å². The Labute approximate surface area is 233 Å². The number of morpholine rings is 1. The fraction of sp³-hybridized carbons (Fsp3) is 0.586. The molecule has 1 aliphatic carbocycles. The maximum Gasteiger partial charge on any atom is 0.268 e. The molecule has 214 valence electrons. The zero-order valence-electron chi connectivity index (χ0n) is 22.9. The van der Waals surface area contributed by atoms with Crippen LogP contribution in [0.5, 0.6) is 5.75 Å². The number of carbonyl (C=O) groups is 3. The van der Waals surface area contributed by atoms with Crippen LogP contribution in [-0.2, 0) is 14.3 Å². The number of aromatic nitrogens is 1. The van der Waals surface area contributed by atoms with Crippen LogP contribution in [0.1, 0.15) is 49.5 Å². The monoisotopic (exact) mass is 550 g/mol. The van der Waals surface area contributed by atoms with Gasteiger partial charge in [0.2, 0.25) is 11.8 Å². The number of carbonyl (C=O) groups excluding carboxylic acids is 3. The van der Waals surface area contributed by atoms with Gasteiger partial charge in [-0.1, -0.05) is 18.9 Å². The zero-order chi connectivity index (χ0) is 28.1. The van der Waals surface area contributed by atoms with Gasteiger partial charge in [-0.2, -0.15) is 5.26 Å². The fourth-order valence-corrected chi connectivity index (χ4v) is 5.50. The van der Waals surface area contributed by atoms with Crippen LogP contribution >= 0.6 is 0 Å². The average Bonchev–Trinajstić information content (AvgIpc) is 3.56. The number of rotatable bonds is 12. The van der Waals surface area contributed by atoms with Crippen molar-refractivity contribution in [2.45, 2.75) is 57.2 Å². The van der Waals surface area contributed by atoms with Gasteiger partial charge < -0.3 is 30.4 Å². The largest absolute Gasteiger partial charge is 0.492 e. The summed E-state index contributed by atoms with van der Waals surface area (Å²) < 4.78 is 11.5. The van der Waals surface area contributed by atoms with Crippen LogP contribution < -0.4 is 20.7 Å². The first-order valence-electron chi connectivity index (χ1n) is 14.3. The number of amides is 3. The predicted molar refractivity (Wildman–Crippen MR) is 148 cm³/mol. The number of hydrogen-bond acceptors (Lipinski definition) is 7. The van der Waals surface area contributed by atoms with Gasteiger partial charge in [0.25, 0.3) is 5.91 Å². The van der Waals surface area contributed by atoms with Crippen LogP contribution in [0, 0.1) is 23.2 Å². The van der Waals surface area contributed by atoms with Crippen molar-refractivity contribution in [2.75, 3.05) is 39.5 Å². The lowest BCUT2D eigenvalue weighted by atomic mass is 9.97. The minimum atomic E-state index is -0.808. The molecule has 0 spiro atoms. The molecule has 3 aliphatic rings. The molecule has 2 aromatic rings. The van der Waals surface area contributed by atoms with Gasteiger partial charge in [-0.25, -0.2) is 0 Å². The maximum absolute atomic E-state index is 13.3. The smallest absolute Gasteiger partial charge is 0.268 e. The van der Waals surface area contributed by atoms with E-state index in [0.717, 1.165) is 56.6 Å². The summed E-state index contributed by atoms with van der Waals surface area (Å²) in [6.07, 6.45) is 3.41. The molecule has 1 aromatic heterocycles. The average molecular weight is 551 g/mol. The molecule has 40 heavy (non-hydrogen) atoms. The molecule has 11 heteroatoms. The highest BCUT2D eigenvalue weighted by atomic mass is 16.5. The summed E-state index contributed by atoms with van der Waals surface area (Å²) in [6.45, 7) is 6.49.